The minimum absolute atomic E-state index is 0.307. The van der Waals surface area contributed by atoms with E-state index in [1.165, 1.54) is 0 Å². The highest BCUT2D eigenvalue weighted by atomic mass is 32.2. The summed E-state index contributed by atoms with van der Waals surface area (Å²) in [5, 5.41) is 0.915. The van der Waals surface area contributed by atoms with Gasteiger partial charge in [-0.2, -0.15) is 0 Å². The molecule has 0 amide bonds. The summed E-state index contributed by atoms with van der Waals surface area (Å²) in [6, 6.07) is 13.3. The zero-order valence-corrected chi connectivity index (χ0v) is 20.0. The molecule has 0 aliphatic heterocycles. The maximum absolute atomic E-state index is 13.8. The van der Waals surface area contributed by atoms with Gasteiger partial charge in [0.15, 0.2) is 0 Å². The van der Waals surface area contributed by atoms with E-state index in [0.29, 0.717) is 9.79 Å². The third kappa shape index (κ3) is 5.09. The molecule has 2 aromatic carbocycles. The highest BCUT2D eigenvalue weighted by molar-refractivity contribution is 7.91. The fourth-order valence-electron chi connectivity index (χ4n) is 3.86. The molecule has 4 nitrogen and oxygen atoms in total. The number of aryl methyl sites for hydroxylation is 2. The third-order valence-electron chi connectivity index (χ3n) is 5.77. The van der Waals surface area contributed by atoms with Gasteiger partial charge in [0.2, 0.25) is 9.84 Å². The number of pyridine rings is 1. The molecule has 0 N–H and O–H groups in total. The van der Waals surface area contributed by atoms with Crippen LogP contribution in [0.1, 0.15) is 57.6 Å². The van der Waals surface area contributed by atoms with Gasteiger partial charge >= 0.3 is 0 Å². The van der Waals surface area contributed by atoms with Gasteiger partial charge in [0, 0.05) is 24.7 Å². The molecule has 1 aromatic heterocycles. The Balaban J connectivity index is 2.25. The highest BCUT2D eigenvalue weighted by Crippen LogP contribution is 2.36. The molecule has 0 atom stereocenters. The van der Waals surface area contributed by atoms with Crippen LogP contribution < -0.4 is 4.90 Å². The smallest absolute Gasteiger partial charge is 0.210 e. The number of benzene rings is 2. The first kappa shape index (κ1) is 23.3. The van der Waals surface area contributed by atoms with Gasteiger partial charge in [-0.05, 0) is 56.0 Å². The van der Waals surface area contributed by atoms with Gasteiger partial charge in [0.05, 0.1) is 16.1 Å². The van der Waals surface area contributed by atoms with Crippen molar-refractivity contribution in [3.8, 4) is 0 Å². The van der Waals surface area contributed by atoms with Crippen LogP contribution in [0.4, 0.5) is 5.69 Å². The van der Waals surface area contributed by atoms with Crippen molar-refractivity contribution in [1.82, 2.24) is 4.98 Å². The van der Waals surface area contributed by atoms with E-state index in [1.807, 2.05) is 31.2 Å². The Labute approximate surface area is 187 Å². The van der Waals surface area contributed by atoms with Gasteiger partial charge in [0.1, 0.15) is 4.90 Å². The van der Waals surface area contributed by atoms with Crippen molar-refractivity contribution < 1.29 is 8.42 Å². The number of fused-ring (bicyclic) bond motifs is 1. The first-order chi connectivity index (χ1) is 14.9. The van der Waals surface area contributed by atoms with E-state index in [2.05, 4.69) is 36.7 Å². The topological polar surface area (TPSA) is 50.3 Å². The Kier molecular flexibility index (Phi) is 7.71. The van der Waals surface area contributed by atoms with Crippen molar-refractivity contribution in [3.63, 3.8) is 0 Å². The van der Waals surface area contributed by atoms with Crippen LogP contribution in [0.3, 0.4) is 0 Å². The Bertz CT molecular complexity index is 1110. The summed E-state index contributed by atoms with van der Waals surface area (Å²) in [5.74, 6) is 0. The average Bonchev–Trinajstić information content (AvgIpc) is 2.78. The van der Waals surface area contributed by atoms with E-state index in [9.17, 15) is 8.42 Å². The van der Waals surface area contributed by atoms with Crippen molar-refractivity contribution in [2.75, 3.05) is 18.0 Å². The van der Waals surface area contributed by atoms with Crippen molar-refractivity contribution in [3.05, 3.63) is 59.8 Å². The summed E-state index contributed by atoms with van der Waals surface area (Å²) in [7, 11) is -3.70. The monoisotopic (exact) mass is 438 g/mol. The second kappa shape index (κ2) is 10.3. The van der Waals surface area contributed by atoms with E-state index in [4.69, 9.17) is 0 Å². The summed E-state index contributed by atoms with van der Waals surface area (Å²) in [4.78, 5) is 7.45. The normalized spacial score (nSPS) is 11.7. The van der Waals surface area contributed by atoms with Gasteiger partial charge in [-0.3, -0.25) is 4.98 Å². The predicted molar refractivity (Wildman–Crippen MR) is 130 cm³/mol. The number of rotatable bonds is 10. The zero-order valence-electron chi connectivity index (χ0n) is 19.2. The quantitative estimate of drug-likeness (QED) is 0.370. The van der Waals surface area contributed by atoms with Crippen molar-refractivity contribution in [1.29, 1.82) is 0 Å². The number of nitrogens with zero attached hydrogens (tertiary/aromatic N) is 2. The Hall–Kier alpha value is -2.40. The van der Waals surface area contributed by atoms with Crippen LogP contribution in [0, 0.1) is 6.92 Å². The average molecular weight is 439 g/mol. The number of unbranched alkanes of at least 4 members (excludes halogenated alkanes) is 2. The van der Waals surface area contributed by atoms with Crippen LogP contribution in [0.15, 0.2) is 58.5 Å². The fraction of sp³-hybridized carbons (Fsp3) is 0.423. The molecule has 166 valence electrons. The first-order valence-corrected chi connectivity index (χ1v) is 12.9. The maximum atomic E-state index is 13.8. The van der Waals surface area contributed by atoms with E-state index in [-0.39, 0.29) is 0 Å². The van der Waals surface area contributed by atoms with E-state index >= 15 is 0 Å². The third-order valence-corrected chi connectivity index (χ3v) is 7.54. The predicted octanol–water partition coefficient (Wildman–Crippen LogP) is 6.35. The molecule has 0 saturated heterocycles. The summed E-state index contributed by atoms with van der Waals surface area (Å²) in [6.45, 7) is 10.1. The lowest BCUT2D eigenvalue weighted by molar-refractivity contribution is 0.594. The van der Waals surface area contributed by atoms with Crippen LogP contribution >= 0.6 is 0 Å². The summed E-state index contributed by atoms with van der Waals surface area (Å²) in [6.07, 6.45) is 6.59. The number of aromatic nitrogens is 1. The standard InChI is InChI=1S/C26H34N2O2S/c1-5-8-16-28(17-9-6-2)26-23-18-20(4)10-15-24(23)27-19-25(26)31(29,30)22-13-11-21(7-3)12-14-22/h10-15,18-19H,5-9,16-17H2,1-4H3. The molecule has 0 spiro atoms. The Morgan fingerprint density at radius 1 is 0.903 bits per heavy atom. The SMILES string of the molecule is CCCCN(CCCC)c1c(S(=O)(=O)c2ccc(CC)cc2)cnc2ccc(C)cc12. The fourth-order valence-corrected chi connectivity index (χ4v) is 5.30. The lowest BCUT2D eigenvalue weighted by Crippen LogP contribution is -2.28. The van der Waals surface area contributed by atoms with Gasteiger partial charge in [-0.1, -0.05) is 57.4 Å². The van der Waals surface area contributed by atoms with Gasteiger partial charge < -0.3 is 4.90 Å². The van der Waals surface area contributed by atoms with E-state index < -0.39 is 9.84 Å². The number of hydrogen-bond acceptors (Lipinski definition) is 4. The molecule has 0 fully saturated rings. The number of anilines is 1. The largest absolute Gasteiger partial charge is 0.370 e. The van der Waals surface area contributed by atoms with Crippen LogP contribution in [0.5, 0.6) is 0 Å². The molecule has 1 heterocycles. The lowest BCUT2D eigenvalue weighted by atomic mass is 10.1. The summed E-state index contributed by atoms with van der Waals surface area (Å²) < 4.78 is 27.5. The second-order valence-electron chi connectivity index (χ2n) is 8.19. The molecule has 0 aliphatic carbocycles. The van der Waals surface area contributed by atoms with Gasteiger partial charge in [-0.25, -0.2) is 8.42 Å². The molecule has 0 saturated carbocycles. The molecule has 0 bridgehead atoms. The molecule has 5 heteroatoms. The second-order valence-corrected chi connectivity index (χ2v) is 10.1. The highest BCUT2D eigenvalue weighted by Gasteiger charge is 2.26. The van der Waals surface area contributed by atoms with E-state index in [1.54, 1.807) is 18.3 Å². The first-order valence-electron chi connectivity index (χ1n) is 11.4. The Morgan fingerprint density at radius 2 is 1.55 bits per heavy atom. The number of hydrogen-bond donors (Lipinski definition) is 0. The lowest BCUT2D eigenvalue weighted by Gasteiger charge is -2.28. The molecule has 3 aromatic rings. The van der Waals surface area contributed by atoms with E-state index in [0.717, 1.165) is 72.9 Å². The molecule has 0 unspecified atom stereocenters. The molecular formula is C26H34N2O2S. The zero-order chi connectivity index (χ0) is 22.4. The molecule has 0 radical (unpaired) electrons. The van der Waals surface area contributed by atoms with Crippen molar-refractivity contribution >= 4 is 26.4 Å². The molecular weight excluding hydrogens is 404 g/mol. The molecule has 31 heavy (non-hydrogen) atoms. The van der Waals surface area contributed by atoms with Gasteiger partial charge in [-0.15, -0.1) is 0 Å². The van der Waals surface area contributed by atoms with Crippen LogP contribution in [-0.4, -0.2) is 26.5 Å². The number of sulfone groups is 1. The molecule has 0 aliphatic rings. The van der Waals surface area contributed by atoms with Crippen molar-refractivity contribution in [2.24, 2.45) is 0 Å². The van der Waals surface area contributed by atoms with Gasteiger partial charge in [0.25, 0.3) is 0 Å². The van der Waals surface area contributed by atoms with Crippen molar-refractivity contribution in [2.45, 2.75) is 69.6 Å². The minimum Gasteiger partial charge on any atom is -0.370 e. The maximum Gasteiger partial charge on any atom is 0.210 e. The Morgan fingerprint density at radius 3 is 2.13 bits per heavy atom. The van der Waals surface area contributed by atoms with Crippen LogP contribution in [0.25, 0.3) is 10.9 Å². The summed E-state index contributed by atoms with van der Waals surface area (Å²) >= 11 is 0. The molecule has 3 rings (SSSR count). The summed E-state index contributed by atoms with van der Waals surface area (Å²) in [5.41, 5.74) is 3.86. The van der Waals surface area contributed by atoms with Crippen LogP contribution in [-0.2, 0) is 16.3 Å². The van der Waals surface area contributed by atoms with Crippen LogP contribution in [0.2, 0.25) is 0 Å². The minimum atomic E-state index is -3.70.